The van der Waals surface area contributed by atoms with Crippen molar-refractivity contribution in [3.8, 4) is 0 Å². The standard InChI is InChI=1S/C20H17F3N4O4S/c21-20(22,23)14-4-5-17-18(12-14)24-7-6-19(17)25-8-10-26(11-9-25)32(30,31)16-3-1-2-15(13-16)27(28)29/h1-7,12-13H,8-11H2. The third-order valence-electron chi connectivity index (χ3n) is 5.29. The molecule has 1 aliphatic rings. The van der Waals surface area contributed by atoms with E-state index in [1.54, 1.807) is 6.07 Å². The predicted molar refractivity (Wildman–Crippen MR) is 111 cm³/mol. The number of pyridine rings is 1. The third-order valence-corrected chi connectivity index (χ3v) is 7.19. The summed E-state index contributed by atoms with van der Waals surface area (Å²) in [5.74, 6) is 0. The van der Waals surface area contributed by atoms with E-state index in [1.165, 1.54) is 34.8 Å². The number of hydrogen-bond acceptors (Lipinski definition) is 6. The monoisotopic (exact) mass is 466 g/mol. The SMILES string of the molecule is O=[N+]([O-])c1cccc(S(=O)(=O)N2CCN(c3ccnc4cc(C(F)(F)F)ccc34)CC2)c1. The number of piperazine rings is 1. The predicted octanol–water partition coefficient (Wildman–Crippen LogP) is 3.67. The van der Waals surface area contributed by atoms with Crippen LogP contribution >= 0.6 is 0 Å². The normalized spacial score (nSPS) is 15.8. The van der Waals surface area contributed by atoms with Crippen LogP contribution in [0.25, 0.3) is 10.9 Å². The highest BCUT2D eigenvalue weighted by Gasteiger charge is 2.32. The Morgan fingerprint density at radius 1 is 1.00 bits per heavy atom. The van der Waals surface area contributed by atoms with Crippen molar-refractivity contribution >= 4 is 32.3 Å². The number of alkyl halides is 3. The van der Waals surface area contributed by atoms with E-state index in [0.29, 0.717) is 24.2 Å². The Morgan fingerprint density at radius 3 is 2.38 bits per heavy atom. The first-order valence-electron chi connectivity index (χ1n) is 9.53. The van der Waals surface area contributed by atoms with Gasteiger partial charge >= 0.3 is 6.18 Å². The molecule has 0 aliphatic carbocycles. The molecular formula is C20H17F3N4O4S. The fourth-order valence-corrected chi connectivity index (χ4v) is 5.12. The van der Waals surface area contributed by atoms with Crippen LogP contribution in [0.1, 0.15) is 5.56 Å². The summed E-state index contributed by atoms with van der Waals surface area (Å²) in [6.45, 7) is 0.841. The van der Waals surface area contributed by atoms with E-state index < -0.39 is 26.7 Å². The number of hydrogen-bond donors (Lipinski definition) is 0. The zero-order valence-electron chi connectivity index (χ0n) is 16.5. The van der Waals surface area contributed by atoms with E-state index >= 15 is 0 Å². The molecule has 2 aromatic carbocycles. The van der Waals surface area contributed by atoms with Gasteiger partial charge in [-0.1, -0.05) is 12.1 Å². The molecule has 0 unspecified atom stereocenters. The summed E-state index contributed by atoms with van der Waals surface area (Å²) in [6, 6.07) is 9.90. The lowest BCUT2D eigenvalue weighted by Gasteiger charge is -2.35. The fraction of sp³-hybridized carbons (Fsp3) is 0.250. The number of nitro groups is 1. The van der Waals surface area contributed by atoms with Crippen LogP contribution in [-0.4, -0.2) is 48.8 Å². The average molecular weight is 466 g/mol. The quantitative estimate of drug-likeness (QED) is 0.430. The number of benzene rings is 2. The van der Waals surface area contributed by atoms with Crippen molar-refractivity contribution in [1.29, 1.82) is 0 Å². The fourth-order valence-electron chi connectivity index (χ4n) is 3.66. The number of sulfonamides is 1. The van der Waals surface area contributed by atoms with Crippen molar-refractivity contribution in [2.24, 2.45) is 0 Å². The van der Waals surface area contributed by atoms with Crippen LogP contribution in [0.5, 0.6) is 0 Å². The summed E-state index contributed by atoms with van der Waals surface area (Å²) in [4.78, 5) is 16.1. The molecular weight excluding hydrogens is 449 g/mol. The van der Waals surface area contributed by atoms with Crippen LogP contribution in [0.15, 0.2) is 59.6 Å². The maximum atomic E-state index is 13.0. The Bertz CT molecular complexity index is 1290. The Kier molecular flexibility index (Phi) is 5.51. The molecule has 4 rings (SSSR count). The van der Waals surface area contributed by atoms with Gasteiger partial charge in [-0.25, -0.2) is 8.42 Å². The maximum Gasteiger partial charge on any atom is 0.416 e. The van der Waals surface area contributed by atoms with Gasteiger partial charge in [0.2, 0.25) is 10.0 Å². The highest BCUT2D eigenvalue weighted by molar-refractivity contribution is 7.89. The second-order valence-electron chi connectivity index (χ2n) is 7.21. The zero-order valence-corrected chi connectivity index (χ0v) is 17.3. The number of nitro benzene ring substituents is 1. The molecule has 0 amide bonds. The molecule has 1 aromatic heterocycles. The molecule has 2 heterocycles. The van der Waals surface area contributed by atoms with Crippen molar-refractivity contribution in [3.05, 3.63) is 70.4 Å². The van der Waals surface area contributed by atoms with E-state index in [2.05, 4.69) is 4.98 Å². The van der Waals surface area contributed by atoms with Gasteiger partial charge in [0.15, 0.2) is 0 Å². The minimum atomic E-state index is -4.47. The lowest BCUT2D eigenvalue weighted by molar-refractivity contribution is -0.385. The molecule has 8 nitrogen and oxygen atoms in total. The Hall–Kier alpha value is -3.25. The largest absolute Gasteiger partial charge is 0.416 e. The van der Waals surface area contributed by atoms with Gasteiger partial charge in [0, 0.05) is 55.6 Å². The van der Waals surface area contributed by atoms with Gasteiger partial charge in [0.1, 0.15) is 0 Å². The summed E-state index contributed by atoms with van der Waals surface area (Å²) < 4.78 is 66.1. The summed E-state index contributed by atoms with van der Waals surface area (Å²) in [6.07, 6.45) is -3.05. The highest BCUT2D eigenvalue weighted by Crippen LogP contribution is 2.34. The molecule has 3 aromatic rings. The van der Waals surface area contributed by atoms with Gasteiger partial charge in [-0.3, -0.25) is 15.1 Å². The third kappa shape index (κ3) is 4.10. The van der Waals surface area contributed by atoms with E-state index in [-0.39, 0.29) is 29.2 Å². The highest BCUT2D eigenvalue weighted by atomic mass is 32.2. The molecule has 0 bridgehead atoms. The Labute approximate surface area is 181 Å². The minimum absolute atomic E-state index is 0.121. The lowest BCUT2D eigenvalue weighted by atomic mass is 10.1. The molecule has 0 radical (unpaired) electrons. The second-order valence-corrected chi connectivity index (χ2v) is 9.14. The van der Waals surface area contributed by atoms with Crippen LogP contribution in [-0.2, 0) is 16.2 Å². The number of halogens is 3. The average Bonchev–Trinajstić information content (AvgIpc) is 2.78. The van der Waals surface area contributed by atoms with Crippen LogP contribution < -0.4 is 4.90 Å². The van der Waals surface area contributed by atoms with Gasteiger partial charge in [-0.2, -0.15) is 17.5 Å². The smallest absolute Gasteiger partial charge is 0.368 e. The van der Waals surface area contributed by atoms with E-state index in [9.17, 15) is 31.7 Å². The van der Waals surface area contributed by atoms with Gasteiger partial charge in [0.05, 0.1) is 20.9 Å². The zero-order chi connectivity index (χ0) is 23.1. The van der Waals surface area contributed by atoms with Gasteiger partial charge < -0.3 is 4.90 Å². The number of aromatic nitrogens is 1. The number of rotatable bonds is 4. The van der Waals surface area contributed by atoms with E-state index in [4.69, 9.17) is 0 Å². The number of anilines is 1. The number of fused-ring (bicyclic) bond motifs is 1. The maximum absolute atomic E-state index is 13.0. The summed E-state index contributed by atoms with van der Waals surface area (Å²) in [5, 5.41) is 11.5. The van der Waals surface area contributed by atoms with Gasteiger partial charge in [-0.15, -0.1) is 0 Å². The van der Waals surface area contributed by atoms with Gasteiger partial charge in [-0.05, 0) is 24.3 Å². The molecule has 0 saturated carbocycles. The molecule has 1 saturated heterocycles. The molecule has 0 N–H and O–H groups in total. The lowest BCUT2D eigenvalue weighted by Crippen LogP contribution is -2.48. The summed E-state index contributed by atoms with van der Waals surface area (Å²) >= 11 is 0. The van der Waals surface area contributed by atoms with Gasteiger partial charge in [0.25, 0.3) is 5.69 Å². The molecule has 1 aliphatic heterocycles. The topological polar surface area (TPSA) is 96.6 Å². The number of nitrogens with zero attached hydrogens (tertiary/aromatic N) is 4. The summed E-state index contributed by atoms with van der Waals surface area (Å²) in [7, 11) is -3.92. The summed E-state index contributed by atoms with van der Waals surface area (Å²) in [5.41, 5.74) is -0.242. The Balaban J connectivity index is 1.56. The molecule has 1 fully saturated rings. The van der Waals surface area contributed by atoms with Crippen LogP contribution in [0, 0.1) is 10.1 Å². The van der Waals surface area contributed by atoms with Crippen LogP contribution in [0.3, 0.4) is 0 Å². The molecule has 12 heteroatoms. The van der Waals surface area contributed by atoms with Crippen molar-refractivity contribution in [2.45, 2.75) is 11.1 Å². The molecule has 0 spiro atoms. The van der Waals surface area contributed by atoms with Crippen molar-refractivity contribution in [2.75, 3.05) is 31.1 Å². The first-order chi connectivity index (χ1) is 15.1. The minimum Gasteiger partial charge on any atom is -0.368 e. The number of non-ortho nitro benzene ring substituents is 1. The molecule has 32 heavy (non-hydrogen) atoms. The first-order valence-corrected chi connectivity index (χ1v) is 11.0. The van der Waals surface area contributed by atoms with Crippen molar-refractivity contribution < 1.29 is 26.5 Å². The van der Waals surface area contributed by atoms with Crippen molar-refractivity contribution in [3.63, 3.8) is 0 Å². The molecule has 0 atom stereocenters. The van der Waals surface area contributed by atoms with E-state index in [0.717, 1.165) is 18.2 Å². The first kappa shape index (κ1) is 22.0. The molecule has 168 valence electrons. The second kappa shape index (κ2) is 8.02. The van der Waals surface area contributed by atoms with Crippen LogP contribution in [0.4, 0.5) is 24.5 Å². The van der Waals surface area contributed by atoms with Crippen molar-refractivity contribution in [1.82, 2.24) is 9.29 Å². The van der Waals surface area contributed by atoms with E-state index in [1.807, 2.05) is 4.90 Å². The van der Waals surface area contributed by atoms with Crippen LogP contribution in [0.2, 0.25) is 0 Å². The Morgan fingerprint density at radius 2 is 1.72 bits per heavy atom.